The van der Waals surface area contributed by atoms with Crippen molar-refractivity contribution in [2.45, 2.75) is 58.4 Å². The van der Waals surface area contributed by atoms with E-state index in [1.807, 2.05) is 19.1 Å². The monoisotopic (exact) mass is 358 g/mol. The number of aromatic nitrogens is 1. The van der Waals surface area contributed by atoms with Crippen LogP contribution in [-0.2, 0) is 12.8 Å². The van der Waals surface area contributed by atoms with Crippen LogP contribution in [0.2, 0.25) is 0 Å². The highest BCUT2D eigenvalue weighted by Gasteiger charge is 2.29. The molecule has 2 heterocycles. The van der Waals surface area contributed by atoms with Crippen LogP contribution in [0.15, 0.2) is 24.3 Å². The van der Waals surface area contributed by atoms with Crippen LogP contribution in [0.5, 0.6) is 5.75 Å². The lowest BCUT2D eigenvalue weighted by Gasteiger charge is -2.35. The summed E-state index contributed by atoms with van der Waals surface area (Å²) in [4.78, 5) is 20.5. The van der Waals surface area contributed by atoms with E-state index < -0.39 is 0 Å². The van der Waals surface area contributed by atoms with Crippen molar-refractivity contribution < 1.29 is 9.90 Å². The number of aromatic hydroxyl groups is 1. The van der Waals surface area contributed by atoms with Gasteiger partial charge < -0.3 is 10.0 Å². The minimum atomic E-state index is 0.158. The number of thiazole rings is 1. The summed E-state index contributed by atoms with van der Waals surface area (Å²) in [6, 6.07) is 7.68. The van der Waals surface area contributed by atoms with E-state index in [4.69, 9.17) is 0 Å². The minimum Gasteiger partial charge on any atom is -0.508 e. The smallest absolute Gasteiger partial charge is 0.266 e. The molecule has 5 heteroatoms. The Labute approximate surface area is 153 Å². The summed E-state index contributed by atoms with van der Waals surface area (Å²) in [5.41, 5.74) is 2.08. The highest BCUT2D eigenvalue weighted by atomic mass is 32.1. The van der Waals surface area contributed by atoms with Crippen molar-refractivity contribution in [3.8, 4) is 5.75 Å². The van der Waals surface area contributed by atoms with E-state index >= 15 is 0 Å². The fourth-order valence-corrected chi connectivity index (χ4v) is 4.46. The number of nitrogens with zero attached hydrogens (tertiary/aromatic N) is 2. The summed E-state index contributed by atoms with van der Waals surface area (Å²) in [6.45, 7) is 4.87. The molecular formula is C20H26N2O2S. The Kier molecular flexibility index (Phi) is 5.74. The van der Waals surface area contributed by atoms with Gasteiger partial charge in [0.25, 0.3) is 5.91 Å². The molecule has 25 heavy (non-hydrogen) atoms. The number of carbonyl (C=O) groups is 1. The van der Waals surface area contributed by atoms with E-state index in [1.165, 1.54) is 12.0 Å². The van der Waals surface area contributed by atoms with E-state index in [-0.39, 0.29) is 5.91 Å². The maximum Gasteiger partial charge on any atom is 0.266 e. The Bertz CT molecular complexity index is 724. The van der Waals surface area contributed by atoms with Crippen LogP contribution in [0, 0.1) is 6.92 Å². The van der Waals surface area contributed by atoms with Crippen molar-refractivity contribution in [1.29, 1.82) is 0 Å². The van der Waals surface area contributed by atoms with Gasteiger partial charge in [-0.2, -0.15) is 0 Å². The molecule has 0 saturated carbocycles. The second kappa shape index (κ2) is 8.00. The van der Waals surface area contributed by atoms with E-state index in [1.54, 1.807) is 23.5 Å². The van der Waals surface area contributed by atoms with Crippen LogP contribution in [0.25, 0.3) is 0 Å². The van der Waals surface area contributed by atoms with E-state index in [0.29, 0.717) is 11.8 Å². The maximum absolute atomic E-state index is 13.1. The van der Waals surface area contributed by atoms with Gasteiger partial charge in [0.15, 0.2) is 0 Å². The summed E-state index contributed by atoms with van der Waals surface area (Å²) in [6.07, 6.45) is 6.11. The average Bonchev–Trinajstić information content (AvgIpc) is 3.02. The SMILES string of the molecule is CCc1nc(C)c(C(=O)N2CCCCC2CCc2ccc(O)cc2)s1. The average molecular weight is 359 g/mol. The molecule has 0 bridgehead atoms. The topological polar surface area (TPSA) is 53.4 Å². The van der Waals surface area contributed by atoms with Gasteiger partial charge in [0.2, 0.25) is 0 Å². The van der Waals surface area contributed by atoms with Crippen LogP contribution >= 0.6 is 11.3 Å². The maximum atomic E-state index is 13.1. The molecular weight excluding hydrogens is 332 g/mol. The number of carbonyl (C=O) groups excluding carboxylic acids is 1. The molecule has 1 atom stereocenters. The van der Waals surface area contributed by atoms with Crippen molar-refractivity contribution in [3.05, 3.63) is 45.4 Å². The molecule has 1 fully saturated rings. The van der Waals surface area contributed by atoms with Crippen LogP contribution in [-0.4, -0.2) is 33.5 Å². The van der Waals surface area contributed by atoms with Gasteiger partial charge in [-0.1, -0.05) is 19.1 Å². The Morgan fingerprint density at radius 2 is 2.08 bits per heavy atom. The van der Waals surface area contributed by atoms with Crippen LogP contribution in [0.4, 0.5) is 0 Å². The standard InChI is InChI=1S/C20H26N2O2S/c1-3-18-21-14(2)19(25-18)20(24)22-13-5-4-6-16(22)10-7-15-8-11-17(23)12-9-15/h8-9,11-12,16,23H,3-7,10,13H2,1-2H3. The van der Waals surface area contributed by atoms with Gasteiger partial charge in [-0.25, -0.2) is 4.98 Å². The number of piperidine rings is 1. The molecule has 4 nitrogen and oxygen atoms in total. The third-order valence-electron chi connectivity index (χ3n) is 4.93. The molecule has 1 saturated heterocycles. The Balaban J connectivity index is 1.70. The predicted octanol–water partition coefficient (Wildman–Crippen LogP) is 4.35. The van der Waals surface area contributed by atoms with Gasteiger partial charge in [0, 0.05) is 12.6 Å². The lowest BCUT2D eigenvalue weighted by Crippen LogP contribution is -2.43. The fourth-order valence-electron chi connectivity index (χ4n) is 3.50. The van der Waals surface area contributed by atoms with E-state index in [9.17, 15) is 9.90 Å². The summed E-state index contributed by atoms with van der Waals surface area (Å²) >= 11 is 1.55. The van der Waals surface area contributed by atoms with Gasteiger partial charge in [-0.05, 0) is 63.1 Å². The Hall–Kier alpha value is -1.88. The number of hydrogen-bond donors (Lipinski definition) is 1. The first-order valence-electron chi connectivity index (χ1n) is 9.13. The van der Waals surface area contributed by atoms with Crippen molar-refractivity contribution in [1.82, 2.24) is 9.88 Å². The van der Waals surface area contributed by atoms with E-state index in [0.717, 1.165) is 54.2 Å². The molecule has 1 aromatic heterocycles. The van der Waals surface area contributed by atoms with Gasteiger partial charge in [0.05, 0.1) is 10.7 Å². The normalized spacial score (nSPS) is 17.7. The zero-order valence-electron chi connectivity index (χ0n) is 15.0. The van der Waals surface area contributed by atoms with Crippen LogP contribution in [0.3, 0.4) is 0 Å². The summed E-state index contributed by atoms with van der Waals surface area (Å²) in [7, 11) is 0. The summed E-state index contributed by atoms with van der Waals surface area (Å²) < 4.78 is 0. The fraction of sp³-hybridized carbons (Fsp3) is 0.500. The molecule has 0 radical (unpaired) electrons. The van der Waals surface area contributed by atoms with Gasteiger partial charge in [-0.3, -0.25) is 4.79 Å². The van der Waals surface area contributed by atoms with Crippen LogP contribution in [0.1, 0.15) is 58.5 Å². The number of phenols is 1. The van der Waals surface area contributed by atoms with E-state index in [2.05, 4.69) is 16.8 Å². The third kappa shape index (κ3) is 4.21. The molecule has 0 spiro atoms. The molecule has 1 aliphatic rings. The molecule has 1 N–H and O–H groups in total. The Morgan fingerprint density at radius 1 is 1.32 bits per heavy atom. The van der Waals surface area contributed by atoms with Crippen molar-refractivity contribution >= 4 is 17.2 Å². The molecule has 3 rings (SSSR count). The number of hydrogen-bond acceptors (Lipinski definition) is 4. The third-order valence-corrected chi connectivity index (χ3v) is 6.22. The highest BCUT2D eigenvalue weighted by molar-refractivity contribution is 7.13. The molecule has 1 amide bonds. The lowest BCUT2D eigenvalue weighted by atomic mass is 9.95. The summed E-state index contributed by atoms with van der Waals surface area (Å²) in [5, 5.41) is 10.4. The number of rotatable bonds is 5. The highest BCUT2D eigenvalue weighted by Crippen LogP contribution is 2.27. The first-order chi connectivity index (χ1) is 12.1. The molecule has 2 aromatic rings. The van der Waals surface area contributed by atoms with Gasteiger partial charge in [-0.15, -0.1) is 11.3 Å². The molecule has 134 valence electrons. The molecule has 1 unspecified atom stereocenters. The lowest BCUT2D eigenvalue weighted by molar-refractivity contribution is 0.0606. The zero-order valence-corrected chi connectivity index (χ0v) is 15.8. The number of phenolic OH excluding ortho intramolecular Hbond substituents is 1. The molecule has 1 aromatic carbocycles. The largest absolute Gasteiger partial charge is 0.508 e. The number of amides is 1. The quantitative estimate of drug-likeness (QED) is 0.865. The predicted molar refractivity (Wildman–Crippen MR) is 101 cm³/mol. The first kappa shape index (κ1) is 17.9. The molecule has 0 aliphatic carbocycles. The van der Waals surface area contributed by atoms with Crippen molar-refractivity contribution in [3.63, 3.8) is 0 Å². The molecule has 1 aliphatic heterocycles. The second-order valence-corrected chi connectivity index (χ2v) is 7.81. The van der Waals surface area contributed by atoms with Crippen LogP contribution < -0.4 is 0 Å². The first-order valence-corrected chi connectivity index (χ1v) is 9.95. The zero-order chi connectivity index (χ0) is 17.8. The number of benzene rings is 1. The van der Waals surface area contributed by atoms with Crippen molar-refractivity contribution in [2.24, 2.45) is 0 Å². The minimum absolute atomic E-state index is 0.158. The van der Waals surface area contributed by atoms with Gasteiger partial charge >= 0.3 is 0 Å². The van der Waals surface area contributed by atoms with Gasteiger partial charge in [0.1, 0.15) is 10.6 Å². The second-order valence-electron chi connectivity index (χ2n) is 6.73. The summed E-state index contributed by atoms with van der Waals surface area (Å²) in [5.74, 6) is 0.454. The number of likely N-dealkylation sites (tertiary alicyclic amines) is 1. The van der Waals surface area contributed by atoms with Crippen molar-refractivity contribution in [2.75, 3.05) is 6.54 Å². The Morgan fingerprint density at radius 3 is 2.76 bits per heavy atom. The number of aryl methyl sites for hydroxylation is 3.